The van der Waals surface area contributed by atoms with Crippen molar-refractivity contribution in [3.05, 3.63) is 42.4 Å². The van der Waals surface area contributed by atoms with E-state index in [2.05, 4.69) is 25.9 Å². The number of nitrogens with zero attached hydrogens (tertiary/aromatic N) is 5. The molecule has 0 aliphatic carbocycles. The Bertz CT molecular complexity index is 639. The molecule has 128 valence electrons. The minimum atomic E-state index is 0.681. The van der Waals surface area contributed by atoms with E-state index in [9.17, 15) is 0 Å². The van der Waals surface area contributed by atoms with Gasteiger partial charge in [0.25, 0.3) is 0 Å². The van der Waals surface area contributed by atoms with E-state index in [1.165, 1.54) is 12.0 Å². The Morgan fingerprint density at radius 3 is 3.00 bits per heavy atom. The highest BCUT2D eigenvalue weighted by Gasteiger charge is 2.24. The van der Waals surface area contributed by atoms with Gasteiger partial charge in [0.2, 0.25) is 0 Å². The van der Waals surface area contributed by atoms with Crippen LogP contribution >= 0.6 is 0 Å². The second kappa shape index (κ2) is 7.32. The Kier molecular flexibility index (Phi) is 4.76. The normalized spacial score (nSPS) is 21.7. The third-order valence-electron chi connectivity index (χ3n) is 4.95. The van der Waals surface area contributed by atoms with Crippen molar-refractivity contribution in [2.45, 2.75) is 19.5 Å². The van der Waals surface area contributed by atoms with Crippen LogP contribution in [0.3, 0.4) is 0 Å². The molecule has 0 spiro atoms. The first kappa shape index (κ1) is 15.6. The Morgan fingerprint density at radius 1 is 1.17 bits per heavy atom. The quantitative estimate of drug-likeness (QED) is 0.835. The first-order valence-electron chi connectivity index (χ1n) is 8.85. The number of pyridine rings is 1. The lowest BCUT2D eigenvalue weighted by atomic mass is 10.1. The topological polar surface area (TPSA) is 46.4 Å². The lowest BCUT2D eigenvalue weighted by molar-refractivity contribution is 0.166. The third kappa shape index (κ3) is 3.60. The van der Waals surface area contributed by atoms with Crippen molar-refractivity contribution in [3.63, 3.8) is 0 Å². The van der Waals surface area contributed by atoms with Crippen molar-refractivity contribution < 1.29 is 4.74 Å². The van der Waals surface area contributed by atoms with Gasteiger partial charge in [-0.25, -0.2) is 4.98 Å². The van der Waals surface area contributed by atoms with Crippen LogP contribution in [0.25, 0.3) is 0 Å². The molecule has 2 aromatic heterocycles. The smallest absolute Gasteiger partial charge is 0.133 e. The monoisotopic (exact) mass is 327 g/mol. The molecule has 1 fully saturated rings. The fraction of sp³-hybridized carbons (Fsp3) is 0.556. The molecule has 1 unspecified atom stereocenters. The van der Waals surface area contributed by atoms with Gasteiger partial charge in [-0.1, -0.05) is 6.07 Å². The van der Waals surface area contributed by atoms with Gasteiger partial charge in [-0.2, -0.15) is 5.10 Å². The second-order valence-electron chi connectivity index (χ2n) is 6.71. The Hall–Kier alpha value is -1.92. The highest BCUT2D eigenvalue weighted by molar-refractivity contribution is 5.47. The summed E-state index contributed by atoms with van der Waals surface area (Å²) in [6, 6.07) is 6.24. The molecule has 1 saturated heterocycles. The summed E-state index contributed by atoms with van der Waals surface area (Å²) in [5.74, 6) is 1.82. The highest BCUT2D eigenvalue weighted by Crippen LogP contribution is 2.24. The molecule has 6 nitrogen and oxygen atoms in total. The first-order chi connectivity index (χ1) is 11.9. The van der Waals surface area contributed by atoms with Gasteiger partial charge in [0.15, 0.2) is 0 Å². The van der Waals surface area contributed by atoms with Crippen LogP contribution in [0.1, 0.15) is 12.0 Å². The maximum Gasteiger partial charge on any atom is 0.133 e. The van der Waals surface area contributed by atoms with E-state index in [0.29, 0.717) is 5.92 Å². The number of rotatable bonds is 5. The fourth-order valence-electron chi connectivity index (χ4n) is 3.65. The van der Waals surface area contributed by atoms with E-state index in [1.807, 2.05) is 35.4 Å². The number of aromatic nitrogens is 3. The average Bonchev–Trinajstić information content (AvgIpc) is 3.26. The van der Waals surface area contributed by atoms with Crippen molar-refractivity contribution in [2.24, 2.45) is 5.92 Å². The van der Waals surface area contributed by atoms with Crippen LogP contribution in [0.15, 0.2) is 36.8 Å². The zero-order valence-electron chi connectivity index (χ0n) is 14.0. The summed E-state index contributed by atoms with van der Waals surface area (Å²) in [5, 5.41) is 4.31. The molecule has 2 aliphatic rings. The summed E-state index contributed by atoms with van der Waals surface area (Å²) >= 11 is 0. The summed E-state index contributed by atoms with van der Waals surface area (Å²) < 4.78 is 7.53. The number of ether oxygens (including phenoxy) is 1. The summed E-state index contributed by atoms with van der Waals surface area (Å²) in [4.78, 5) is 9.64. The number of fused-ring (bicyclic) bond motifs is 1. The van der Waals surface area contributed by atoms with Gasteiger partial charge in [0.05, 0.1) is 13.2 Å². The minimum absolute atomic E-state index is 0.681. The van der Waals surface area contributed by atoms with Crippen molar-refractivity contribution in [1.29, 1.82) is 0 Å². The van der Waals surface area contributed by atoms with E-state index < -0.39 is 0 Å². The molecule has 0 radical (unpaired) electrons. The molecule has 1 atom stereocenters. The van der Waals surface area contributed by atoms with E-state index in [4.69, 9.17) is 4.74 Å². The third-order valence-corrected chi connectivity index (χ3v) is 4.95. The highest BCUT2D eigenvalue weighted by atomic mass is 16.5. The van der Waals surface area contributed by atoms with Gasteiger partial charge in [-0.3, -0.25) is 9.58 Å². The molecule has 2 aromatic rings. The molecule has 24 heavy (non-hydrogen) atoms. The standard InChI is InChI=1S/C18H25N5O/c1-3-17-14-21(13-16-4-12-24-15-16)8-9-22(18(17)19-5-1)10-11-23-7-2-6-20-23/h1-3,5-7,16H,4,8-15H2. The number of anilines is 1. The lowest BCUT2D eigenvalue weighted by Crippen LogP contribution is -2.36. The lowest BCUT2D eigenvalue weighted by Gasteiger charge is -2.24. The maximum atomic E-state index is 5.54. The molecular formula is C18H25N5O. The van der Waals surface area contributed by atoms with Crippen LogP contribution in [0.5, 0.6) is 0 Å². The summed E-state index contributed by atoms with van der Waals surface area (Å²) in [5.41, 5.74) is 1.33. The SMILES string of the molecule is c1cnc2c(c1)CN(CC1CCOC1)CCN2CCn1cccn1. The van der Waals surface area contributed by atoms with Crippen molar-refractivity contribution in [2.75, 3.05) is 44.3 Å². The van der Waals surface area contributed by atoms with E-state index in [-0.39, 0.29) is 0 Å². The van der Waals surface area contributed by atoms with Gasteiger partial charge in [-0.15, -0.1) is 0 Å². The van der Waals surface area contributed by atoms with Gasteiger partial charge in [0.1, 0.15) is 5.82 Å². The van der Waals surface area contributed by atoms with Gasteiger partial charge < -0.3 is 9.64 Å². The molecule has 4 heterocycles. The largest absolute Gasteiger partial charge is 0.381 e. The van der Waals surface area contributed by atoms with Crippen molar-refractivity contribution in [1.82, 2.24) is 19.7 Å². The van der Waals surface area contributed by atoms with E-state index in [1.54, 1.807) is 0 Å². The van der Waals surface area contributed by atoms with Gasteiger partial charge in [0, 0.05) is 63.5 Å². The Balaban J connectivity index is 1.45. The molecule has 0 amide bonds. The zero-order chi connectivity index (χ0) is 16.2. The molecular weight excluding hydrogens is 302 g/mol. The molecule has 0 N–H and O–H groups in total. The van der Waals surface area contributed by atoms with Crippen LogP contribution in [0.2, 0.25) is 0 Å². The molecule has 0 aromatic carbocycles. The fourth-order valence-corrected chi connectivity index (χ4v) is 3.65. The predicted octanol–water partition coefficient (Wildman–Crippen LogP) is 1.64. The van der Waals surface area contributed by atoms with Crippen LogP contribution < -0.4 is 4.90 Å². The number of hydrogen-bond acceptors (Lipinski definition) is 5. The maximum absolute atomic E-state index is 5.54. The summed E-state index contributed by atoms with van der Waals surface area (Å²) in [6.45, 7) is 7.86. The van der Waals surface area contributed by atoms with Crippen molar-refractivity contribution >= 4 is 5.82 Å². The van der Waals surface area contributed by atoms with Crippen LogP contribution in [0, 0.1) is 5.92 Å². The average molecular weight is 327 g/mol. The molecule has 0 bridgehead atoms. The summed E-state index contributed by atoms with van der Waals surface area (Å²) in [6.07, 6.45) is 6.95. The Labute approximate surface area is 143 Å². The second-order valence-corrected chi connectivity index (χ2v) is 6.71. The Morgan fingerprint density at radius 2 is 2.17 bits per heavy atom. The molecule has 6 heteroatoms. The van der Waals surface area contributed by atoms with Crippen LogP contribution in [0.4, 0.5) is 5.82 Å². The summed E-state index contributed by atoms with van der Waals surface area (Å²) in [7, 11) is 0. The van der Waals surface area contributed by atoms with Crippen molar-refractivity contribution in [3.8, 4) is 0 Å². The molecule has 0 saturated carbocycles. The van der Waals surface area contributed by atoms with Crippen LogP contribution in [-0.4, -0.2) is 59.1 Å². The molecule has 4 rings (SSSR count). The number of hydrogen-bond donors (Lipinski definition) is 0. The molecule has 2 aliphatic heterocycles. The first-order valence-corrected chi connectivity index (χ1v) is 8.85. The van der Waals surface area contributed by atoms with E-state index >= 15 is 0 Å². The van der Waals surface area contributed by atoms with Gasteiger partial charge >= 0.3 is 0 Å². The minimum Gasteiger partial charge on any atom is -0.381 e. The predicted molar refractivity (Wildman–Crippen MR) is 92.9 cm³/mol. The zero-order valence-corrected chi connectivity index (χ0v) is 14.0. The van der Waals surface area contributed by atoms with E-state index in [0.717, 1.165) is 58.3 Å². The van der Waals surface area contributed by atoms with Gasteiger partial charge in [-0.05, 0) is 24.5 Å². The van der Waals surface area contributed by atoms with Crippen LogP contribution in [-0.2, 0) is 17.8 Å².